The Hall–Kier alpha value is -3.06. The number of rotatable bonds is 5. The van der Waals surface area contributed by atoms with Gasteiger partial charge in [-0.3, -0.25) is 4.98 Å². The number of nitrogens with zero attached hydrogens (tertiary/aromatic N) is 5. The van der Waals surface area contributed by atoms with Gasteiger partial charge in [0.15, 0.2) is 5.82 Å². The summed E-state index contributed by atoms with van der Waals surface area (Å²) >= 11 is 0. The number of aromatic nitrogens is 6. The highest BCUT2D eigenvalue weighted by Gasteiger charge is 2.18. The van der Waals surface area contributed by atoms with Gasteiger partial charge in [0.05, 0.1) is 29.5 Å². The molecule has 7 heteroatoms. The molecule has 4 rings (SSSR count). The minimum absolute atomic E-state index is 0.137. The maximum atomic E-state index is 5.32. The summed E-state index contributed by atoms with van der Waals surface area (Å²) in [5, 5.41) is 8.49. The summed E-state index contributed by atoms with van der Waals surface area (Å²) in [5.74, 6) is 0.694. The smallest absolute Gasteiger partial charge is 0.160 e. The quantitative estimate of drug-likeness (QED) is 0.611. The maximum Gasteiger partial charge on any atom is 0.160 e. The molecule has 1 N–H and O–H groups in total. The van der Waals surface area contributed by atoms with Gasteiger partial charge in [-0.25, -0.2) is 9.67 Å². The number of para-hydroxylation sites is 2. The van der Waals surface area contributed by atoms with Crippen LogP contribution in [-0.2, 0) is 4.74 Å². The predicted molar refractivity (Wildman–Crippen MR) is 89.4 cm³/mol. The summed E-state index contributed by atoms with van der Waals surface area (Å²) in [4.78, 5) is 12.2. The molecule has 3 aromatic heterocycles. The van der Waals surface area contributed by atoms with Crippen LogP contribution in [-0.4, -0.2) is 43.7 Å². The Balaban J connectivity index is 1.70. The van der Waals surface area contributed by atoms with E-state index in [1.807, 2.05) is 48.7 Å². The number of H-pyrrole nitrogens is 1. The number of nitrogens with one attached hydrogen (secondary N) is 1. The number of ether oxygens (including phenoxy) is 1. The lowest BCUT2D eigenvalue weighted by atomic mass is 10.2. The minimum atomic E-state index is -0.137. The monoisotopic (exact) mass is 320 g/mol. The van der Waals surface area contributed by atoms with E-state index in [1.165, 1.54) is 0 Å². The van der Waals surface area contributed by atoms with Crippen LogP contribution in [0.5, 0.6) is 0 Å². The van der Waals surface area contributed by atoms with Crippen molar-refractivity contribution in [3.8, 4) is 11.5 Å². The highest BCUT2D eigenvalue weighted by atomic mass is 16.5. The lowest BCUT2D eigenvalue weighted by Crippen LogP contribution is -2.18. The second-order valence-corrected chi connectivity index (χ2v) is 5.41. The zero-order valence-corrected chi connectivity index (χ0v) is 13.1. The predicted octanol–water partition coefficient (Wildman–Crippen LogP) is 2.45. The lowest BCUT2D eigenvalue weighted by molar-refractivity contribution is 0.162. The van der Waals surface area contributed by atoms with E-state index in [-0.39, 0.29) is 6.04 Å². The van der Waals surface area contributed by atoms with Crippen molar-refractivity contribution in [1.29, 1.82) is 0 Å². The zero-order valence-electron chi connectivity index (χ0n) is 13.1. The first-order chi connectivity index (χ1) is 11.8. The minimum Gasteiger partial charge on any atom is -0.382 e. The highest BCUT2D eigenvalue weighted by molar-refractivity contribution is 5.78. The molecule has 0 aliphatic rings. The number of hydrogen-bond donors (Lipinski definition) is 1. The molecule has 0 aliphatic carbocycles. The van der Waals surface area contributed by atoms with Gasteiger partial charge < -0.3 is 9.72 Å². The standard InChI is InChI=1S/C17H16N6O/c1-24-11-16(14-8-4-5-9-18-14)23-10-15(21-22-23)17-19-12-6-2-3-7-13(12)20-17/h2-10,16H,11H2,1H3,(H,19,20). The van der Waals surface area contributed by atoms with Crippen LogP contribution in [0.4, 0.5) is 0 Å². The van der Waals surface area contributed by atoms with E-state index < -0.39 is 0 Å². The molecule has 0 saturated carbocycles. The van der Waals surface area contributed by atoms with Crippen molar-refractivity contribution in [1.82, 2.24) is 29.9 Å². The second-order valence-electron chi connectivity index (χ2n) is 5.41. The summed E-state index contributed by atoms with van der Waals surface area (Å²) < 4.78 is 7.08. The fourth-order valence-corrected chi connectivity index (χ4v) is 2.64. The summed E-state index contributed by atoms with van der Waals surface area (Å²) in [6.07, 6.45) is 3.62. The summed E-state index contributed by atoms with van der Waals surface area (Å²) in [6, 6.07) is 13.5. The third-order valence-corrected chi connectivity index (χ3v) is 3.82. The van der Waals surface area contributed by atoms with Crippen molar-refractivity contribution in [2.75, 3.05) is 13.7 Å². The molecule has 1 aromatic carbocycles. The molecule has 0 amide bonds. The van der Waals surface area contributed by atoms with Crippen molar-refractivity contribution in [2.45, 2.75) is 6.04 Å². The fraction of sp³-hybridized carbons (Fsp3) is 0.176. The molecular formula is C17H16N6O. The Morgan fingerprint density at radius 3 is 2.83 bits per heavy atom. The first kappa shape index (κ1) is 14.5. The first-order valence-corrected chi connectivity index (χ1v) is 7.62. The summed E-state index contributed by atoms with van der Waals surface area (Å²) in [7, 11) is 1.66. The van der Waals surface area contributed by atoms with E-state index in [9.17, 15) is 0 Å². The fourth-order valence-electron chi connectivity index (χ4n) is 2.64. The number of methoxy groups -OCH3 is 1. The van der Waals surface area contributed by atoms with Crippen LogP contribution in [0.2, 0.25) is 0 Å². The van der Waals surface area contributed by atoms with Crippen LogP contribution in [0, 0.1) is 0 Å². The van der Waals surface area contributed by atoms with E-state index in [1.54, 1.807) is 18.0 Å². The van der Waals surface area contributed by atoms with Gasteiger partial charge in [0, 0.05) is 13.3 Å². The molecular weight excluding hydrogens is 304 g/mol. The van der Waals surface area contributed by atoms with Crippen molar-refractivity contribution >= 4 is 11.0 Å². The molecule has 120 valence electrons. The molecule has 0 bridgehead atoms. The van der Waals surface area contributed by atoms with Gasteiger partial charge in [-0.15, -0.1) is 5.10 Å². The van der Waals surface area contributed by atoms with Gasteiger partial charge in [-0.1, -0.05) is 23.4 Å². The zero-order chi connectivity index (χ0) is 16.4. The molecule has 24 heavy (non-hydrogen) atoms. The maximum absolute atomic E-state index is 5.32. The van der Waals surface area contributed by atoms with E-state index in [0.717, 1.165) is 16.7 Å². The molecule has 0 aliphatic heterocycles. The van der Waals surface area contributed by atoms with E-state index >= 15 is 0 Å². The largest absolute Gasteiger partial charge is 0.382 e. The Morgan fingerprint density at radius 1 is 1.17 bits per heavy atom. The number of imidazole rings is 1. The first-order valence-electron chi connectivity index (χ1n) is 7.62. The van der Waals surface area contributed by atoms with Crippen LogP contribution >= 0.6 is 0 Å². The molecule has 4 aromatic rings. The molecule has 0 fully saturated rings. The van der Waals surface area contributed by atoms with Crippen molar-refractivity contribution in [3.63, 3.8) is 0 Å². The third kappa shape index (κ3) is 2.65. The number of benzene rings is 1. The average molecular weight is 320 g/mol. The van der Waals surface area contributed by atoms with E-state index in [2.05, 4.69) is 25.3 Å². The molecule has 0 spiro atoms. The molecule has 3 heterocycles. The Labute approximate surface area is 138 Å². The van der Waals surface area contributed by atoms with Crippen LogP contribution in [0.15, 0.2) is 54.9 Å². The SMILES string of the molecule is COCC(c1ccccn1)n1cc(-c2nc3ccccc3[nH]2)nn1. The van der Waals surface area contributed by atoms with Crippen LogP contribution in [0.25, 0.3) is 22.6 Å². The number of pyridine rings is 1. The summed E-state index contributed by atoms with van der Waals surface area (Å²) in [5.41, 5.74) is 3.43. The van der Waals surface area contributed by atoms with Gasteiger partial charge >= 0.3 is 0 Å². The van der Waals surface area contributed by atoms with Gasteiger partial charge in [0.25, 0.3) is 0 Å². The van der Waals surface area contributed by atoms with Crippen LogP contribution in [0.3, 0.4) is 0 Å². The molecule has 1 unspecified atom stereocenters. The van der Waals surface area contributed by atoms with Gasteiger partial charge in [-0.2, -0.15) is 0 Å². The third-order valence-electron chi connectivity index (χ3n) is 3.82. The normalized spacial score (nSPS) is 12.5. The number of aromatic amines is 1. The topological polar surface area (TPSA) is 81.5 Å². The number of fused-ring (bicyclic) bond motifs is 1. The van der Waals surface area contributed by atoms with Gasteiger partial charge in [0.2, 0.25) is 0 Å². The van der Waals surface area contributed by atoms with E-state index in [4.69, 9.17) is 4.74 Å². The van der Waals surface area contributed by atoms with Crippen LogP contribution in [0.1, 0.15) is 11.7 Å². The average Bonchev–Trinajstić information content (AvgIpc) is 3.27. The second kappa shape index (κ2) is 6.21. The molecule has 0 saturated heterocycles. The van der Waals surface area contributed by atoms with E-state index in [0.29, 0.717) is 18.1 Å². The lowest BCUT2D eigenvalue weighted by Gasteiger charge is -2.14. The highest BCUT2D eigenvalue weighted by Crippen LogP contribution is 2.21. The van der Waals surface area contributed by atoms with Crippen LogP contribution < -0.4 is 0 Å². The molecule has 7 nitrogen and oxygen atoms in total. The number of hydrogen-bond acceptors (Lipinski definition) is 5. The molecule has 1 atom stereocenters. The van der Waals surface area contributed by atoms with Crippen molar-refractivity contribution < 1.29 is 4.74 Å². The Kier molecular flexibility index (Phi) is 3.76. The van der Waals surface area contributed by atoms with Gasteiger partial charge in [0.1, 0.15) is 11.7 Å². The Bertz CT molecular complexity index is 913. The van der Waals surface area contributed by atoms with Gasteiger partial charge in [-0.05, 0) is 24.3 Å². The van der Waals surface area contributed by atoms with Crippen molar-refractivity contribution in [3.05, 3.63) is 60.6 Å². The van der Waals surface area contributed by atoms with Crippen molar-refractivity contribution in [2.24, 2.45) is 0 Å². The Morgan fingerprint density at radius 2 is 2.04 bits per heavy atom. The molecule has 0 radical (unpaired) electrons. The summed E-state index contributed by atoms with van der Waals surface area (Å²) in [6.45, 7) is 0.458.